The van der Waals surface area contributed by atoms with Crippen LogP contribution in [0.1, 0.15) is 48.1 Å². The van der Waals surface area contributed by atoms with Gasteiger partial charge in [0.2, 0.25) is 0 Å². The molecule has 1 aromatic heterocycles. The van der Waals surface area contributed by atoms with Crippen molar-refractivity contribution in [3.05, 3.63) is 131 Å². The summed E-state index contributed by atoms with van der Waals surface area (Å²) in [6, 6.07) is 19.8. The van der Waals surface area contributed by atoms with Gasteiger partial charge in [-0.25, -0.2) is 4.39 Å². The zero-order valence-electron chi connectivity index (χ0n) is 21.5. The lowest BCUT2D eigenvalue weighted by Crippen LogP contribution is -2.48. The number of methoxy groups -OCH3 is 1. The van der Waals surface area contributed by atoms with Gasteiger partial charge in [0.05, 0.1) is 13.2 Å². The van der Waals surface area contributed by atoms with Gasteiger partial charge in [0, 0.05) is 46.3 Å². The van der Waals surface area contributed by atoms with Crippen molar-refractivity contribution in [3.63, 3.8) is 0 Å². The number of hydrogen-bond donors (Lipinski definition) is 0. The van der Waals surface area contributed by atoms with E-state index in [4.69, 9.17) is 4.74 Å². The van der Waals surface area contributed by atoms with Crippen LogP contribution < -0.4 is 9.64 Å². The number of nitrogens with zero attached hydrogens (tertiary/aromatic N) is 2. The molecule has 1 aliphatic carbocycles. The van der Waals surface area contributed by atoms with Crippen LogP contribution in [0.15, 0.2) is 97.3 Å². The molecule has 2 aliphatic heterocycles. The van der Waals surface area contributed by atoms with E-state index in [0.29, 0.717) is 39.3 Å². The van der Waals surface area contributed by atoms with Crippen molar-refractivity contribution in [1.82, 2.24) is 4.98 Å². The lowest BCUT2D eigenvalue weighted by atomic mass is 9.64. The third-order valence-corrected chi connectivity index (χ3v) is 8.43. The van der Waals surface area contributed by atoms with Gasteiger partial charge in [0.25, 0.3) is 0 Å². The van der Waals surface area contributed by atoms with Crippen molar-refractivity contribution in [2.75, 3.05) is 12.0 Å². The van der Waals surface area contributed by atoms with Crippen molar-refractivity contribution in [2.45, 2.75) is 18.0 Å². The number of halogens is 1. The summed E-state index contributed by atoms with van der Waals surface area (Å²) >= 11 is 0. The second kappa shape index (κ2) is 8.81. The van der Waals surface area contributed by atoms with E-state index in [1.165, 1.54) is 19.2 Å². The highest BCUT2D eigenvalue weighted by Crippen LogP contribution is 2.60. The van der Waals surface area contributed by atoms with Crippen LogP contribution >= 0.6 is 0 Å². The molecule has 1 fully saturated rings. The number of fused-ring (bicyclic) bond motifs is 5. The number of benzene rings is 3. The summed E-state index contributed by atoms with van der Waals surface area (Å²) in [7, 11) is 1.52. The molecular formula is C33H23FN2O4. The Balaban J connectivity index is 1.54. The zero-order chi connectivity index (χ0) is 27.6. The first-order valence-corrected chi connectivity index (χ1v) is 13.0. The van der Waals surface area contributed by atoms with Crippen molar-refractivity contribution in [1.29, 1.82) is 0 Å². The quantitative estimate of drug-likeness (QED) is 0.255. The van der Waals surface area contributed by atoms with Crippen LogP contribution in [0, 0.1) is 11.2 Å². The molecule has 1 spiro atoms. The van der Waals surface area contributed by atoms with Gasteiger partial charge in [0.1, 0.15) is 23.0 Å². The predicted molar refractivity (Wildman–Crippen MR) is 147 cm³/mol. The molecule has 0 saturated carbocycles. The topological polar surface area (TPSA) is 76.6 Å². The molecule has 4 aromatic rings. The molecule has 3 atom stereocenters. The van der Waals surface area contributed by atoms with E-state index >= 15 is 0 Å². The van der Waals surface area contributed by atoms with Crippen LogP contribution in [0.3, 0.4) is 0 Å². The van der Waals surface area contributed by atoms with E-state index in [9.17, 15) is 18.8 Å². The standard InChI is InChI=1S/C33H23FN2O4/c1-40-23-8-4-6-20(17-23)30(37)29-28(21-7-5-15-35-18-21)33(31(38)24-9-2-3-10-25(24)32(33)39)27-14-11-19-16-22(34)12-13-26(19)36(27)29/h2-18,27-29H,1H3/t27-,28-,29-/m0/s1. The molecule has 0 bridgehead atoms. The van der Waals surface area contributed by atoms with Gasteiger partial charge >= 0.3 is 0 Å². The van der Waals surface area contributed by atoms with E-state index in [2.05, 4.69) is 4.98 Å². The number of carbonyl (C=O) groups excluding carboxylic acids is 3. The van der Waals surface area contributed by atoms with Gasteiger partial charge < -0.3 is 9.64 Å². The molecule has 7 heteroatoms. The van der Waals surface area contributed by atoms with Crippen LogP contribution in [-0.4, -0.2) is 41.5 Å². The third kappa shape index (κ3) is 3.14. The first kappa shape index (κ1) is 24.2. The average Bonchev–Trinajstić information content (AvgIpc) is 3.43. The summed E-state index contributed by atoms with van der Waals surface area (Å²) in [5.41, 5.74) is 1.18. The average molecular weight is 531 g/mol. The summed E-state index contributed by atoms with van der Waals surface area (Å²) in [5.74, 6) is -1.72. The van der Waals surface area contributed by atoms with E-state index in [1.807, 2.05) is 11.0 Å². The van der Waals surface area contributed by atoms with Crippen molar-refractivity contribution in [2.24, 2.45) is 5.41 Å². The Morgan fingerprint density at radius 2 is 1.73 bits per heavy atom. The summed E-state index contributed by atoms with van der Waals surface area (Å²) in [5, 5.41) is 0. The summed E-state index contributed by atoms with van der Waals surface area (Å²) in [6.07, 6.45) is 6.74. The maximum Gasteiger partial charge on any atom is 0.186 e. The van der Waals surface area contributed by atoms with Crippen molar-refractivity contribution >= 4 is 29.1 Å². The number of Topliss-reactive ketones (excluding diaryl/α,β-unsaturated/α-hetero) is 3. The molecule has 6 nitrogen and oxygen atoms in total. The van der Waals surface area contributed by atoms with Crippen molar-refractivity contribution in [3.8, 4) is 5.75 Å². The fourth-order valence-electron chi connectivity index (χ4n) is 6.83. The molecule has 3 heterocycles. The lowest BCUT2D eigenvalue weighted by Gasteiger charge is -2.37. The molecule has 0 amide bonds. The minimum absolute atomic E-state index is 0.281. The fraction of sp³-hybridized carbons (Fsp3) is 0.152. The number of pyridine rings is 1. The molecule has 0 unspecified atom stereocenters. The molecule has 1 saturated heterocycles. The zero-order valence-corrected chi connectivity index (χ0v) is 21.5. The predicted octanol–water partition coefficient (Wildman–Crippen LogP) is 5.55. The smallest absolute Gasteiger partial charge is 0.186 e. The summed E-state index contributed by atoms with van der Waals surface area (Å²) < 4.78 is 19.7. The second-order valence-electron chi connectivity index (χ2n) is 10.3. The summed E-state index contributed by atoms with van der Waals surface area (Å²) in [4.78, 5) is 49.9. The van der Waals surface area contributed by atoms with Crippen LogP contribution in [0.4, 0.5) is 10.1 Å². The minimum Gasteiger partial charge on any atom is -0.497 e. The molecule has 3 aromatic carbocycles. The van der Waals surface area contributed by atoms with Gasteiger partial charge in [-0.3, -0.25) is 19.4 Å². The highest BCUT2D eigenvalue weighted by atomic mass is 19.1. The Morgan fingerprint density at radius 3 is 2.42 bits per heavy atom. The number of ether oxygens (including phenoxy) is 1. The Kier molecular flexibility index (Phi) is 5.32. The number of carbonyl (C=O) groups is 3. The van der Waals surface area contributed by atoms with Gasteiger partial charge in [-0.05, 0) is 42.0 Å². The van der Waals surface area contributed by atoms with Crippen LogP contribution in [-0.2, 0) is 0 Å². The number of anilines is 1. The molecule has 0 radical (unpaired) electrons. The van der Waals surface area contributed by atoms with Crippen LogP contribution in [0.2, 0.25) is 0 Å². The lowest BCUT2D eigenvalue weighted by molar-refractivity contribution is 0.0665. The first-order valence-electron chi connectivity index (χ1n) is 13.0. The molecule has 40 heavy (non-hydrogen) atoms. The Morgan fingerprint density at radius 1 is 0.950 bits per heavy atom. The Hall–Kier alpha value is -4.91. The van der Waals surface area contributed by atoms with Crippen molar-refractivity contribution < 1.29 is 23.5 Å². The SMILES string of the molecule is COc1cccc(C(=O)[C@@H]2[C@H](c3cccnc3)C3(C(=O)c4ccccc4C3=O)[C@@H]3C=Cc4cc(F)ccc4N23)c1. The maximum atomic E-state index is 14.6. The van der Waals surface area contributed by atoms with E-state index in [1.54, 1.807) is 85.2 Å². The fourth-order valence-corrected chi connectivity index (χ4v) is 6.83. The minimum atomic E-state index is -1.63. The normalized spacial score (nSPS) is 21.8. The second-order valence-corrected chi connectivity index (χ2v) is 10.3. The molecule has 0 N–H and O–H groups in total. The number of hydrogen-bond acceptors (Lipinski definition) is 6. The van der Waals surface area contributed by atoms with E-state index in [-0.39, 0.29) is 17.3 Å². The van der Waals surface area contributed by atoms with Gasteiger partial charge in [-0.2, -0.15) is 0 Å². The summed E-state index contributed by atoms with van der Waals surface area (Å²) in [6.45, 7) is 0. The molecule has 7 rings (SSSR count). The number of rotatable bonds is 4. The highest BCUT2D eigenvalue weighted by Gasteiger charge is 2.71. The van der Waals surface area contributed by atoms with E-state index < -0.39 is 29.2 Å². The third-order valence-electron chi connectivity index (χ3n) is 8.43. The monoisotopic (exact) mass is 530 g/mol. The maximum absolute atomic E-state index is 14.6. The highest BCUT2D eigenvalue weighted by molar-refractivity contribution is 6.32. The van der Waals surface area contributed by atoms with Crippen LogP contribution in [0.5, 0.6) is 5.75 Å². The van der Waals surface area contributed by atoms with Gasteiger partial charge in [-0.15, -0.1) is 0 Å². The molecule has 196 valence electrons. The molecular weight excluding hydrogens is 507 g/mol. The van der Waals surface area contributed by atoms with Crippen LogP contribution in [0.25, 0.3) is 6.08 Å². The number of ketones is 3. The first-order chi connectivity index (χ1) is 19.5. The van der Waals surface area contributed by atoms with Gasteiger partial charge in [0.15, 0.2) is 17.3 Å². The molecule has 3 aliphatic rings. The Labute approximate surface area is 229 Å². The van der Waals surface area contributed by atoms with E-state index in [0.717, 1.165) is 0 Å². The number of aromatic nitrogens is 1. The Bertz CT molecular complexity index is 1710. The largest absolute Gasteiger partial charge is 0.497 e. The van der Waals surface area contributed by atoms with Gasteiger partial charge in [-0.1, -0.05) is 54.6 Å².